The number of hydrogen-bond acceptors (Lipinski definition) is 5. The molecule has 0 bridgehead atoms. The van der Waals surface area contributed by atoms with Crippen LogP contribution in [0.3, 0.4) is 0 Å². The van der Waals surface area contributed by atoms with Crippen LogP contribution in [0.2, 0.25) is 0 Å². The van der Waals surface area contributed by atoms with Crippen molar-refractivity contribution in [2.75, 3.05) is 53.1 Å². The number of alkyl halides is 6. The molecule has 6 rings (SSSR count). The van der Waals surface area contributed by atoms with E-state index in [1.54, 1.807) is 11.9 Å². The smallest absolute Gasteiger partial charge is 0.367 e. The summed E-state index contributed by atoms with van der Waals surface area (Å²) in [6.45, 7) is 3.90. The summed E-state index contributed by atoms with van der Waals surface area (Å²) in [7, 11) is 1.77. The van der Waals surface area contributed by atoms with Crippen molar-refractivity contribution < 1.29 is 49.8 Å². The molecule has 2 amide bonds. The molecular weight excluding hydrogens is 707 g/mol. The van der Waals surface area contributed by atoms with Crippen LogP contribution < -0.4 is 0 Å². The molecular formula is C39H42F7N3O4. The Morgan fingerprint density at radius 3 is 2.21 bits per heavy atom. The lowest BCUT2D eigenvalue weighted by atomic mass is 9.72. The van der Waals surface area contributed by atoms with E-state index >= 15 is 0 Å². The van der Waals surface area contributed by atoms with E-state index in [4.69, 9.17) is 9.47 Å². The predicted octanol–water partition coefficient (Wildman–Crippen LogP) is 7.42. The molecule has 3 aromatic rings. The highest BCUT2D eigenvalue weighted by Crippen LogP contribution is 2.48. The third kappa shape index (κ3) is 8.09. The van der Waals surface area contributed by atoms with Crippen LogP contribution in [0.1, 0.15) is 70.8 Å². The number of rotatable bonds is 10. The van der Waals surface area contributed by atoms with Crippen LogP contribution >= 0.6 is 0 Å². The molecule has 7 nitrogen and oxygen atoms in total. The summed E-state index contributed by atoms with van der Waals surface area (Å²) in [5, 5.41) is 0. The van der Waals surface area contributed by atoms with Gasteiger partial charge in [-0.15, -0.1) is 0 Å². The van der Waals surface area contributed by atoms with Crippen LogP contribution in [0.4, 0.5) is 30.7 Å². The normalized spacial score (nSPS) is 21.6. The predicted molar refractivity (Wildman–Crippen MR) is 181 cm³/mol. The van der Waals surface area contributed by atoms with Gasteiger partial charge in [-0.25, -0.2) is 4.39 Å². The van der Waals surface area contributed by atoms with E-state index in [0.29, 0.717) is 56.7 Å². The summed E-state index contributed by atoms with van der Waals surface area (Å²) in [5.41, 5.74) is -2.49. The van der Waals surface area contributed by atoms with Gasteiger partial charge in [0.15, 0.2) is 0 Å². The summed E-state index contributed by atoms with van der Waals surface area (Å²) >= 11 is 0. The number of carbonyl (C=O) groups is 2. The average molecular weight is 750 g/mol. The minimum absolute atomic E-state index is 0.00855. The third-order valence-corrected chi connectivity index (χ3v) is 11.0. The highest BCUT2D eigenvalue weighted by molar-refractivity contribution is 5.95. The maximum Gasteiger partial charge on any atom is 0.416 e. The van der Waals surface area contributed by atoms with Gasteiger partial charge >= 0.3 is 12.4 Å². The van der Waals surface area contributed by atoms with Crippen LogP contribution in [0, 0.1) is 5.82 Å². The Morgan fingerprint density at radius 2 is 1.58 bits per heavy atom. The number of halogens is 7. The second-order valence-corrected chi connectivity index (χ2v) is 14.3. The topological polar surface area (TPSA) is 62.3 Å². The van der Waals surface area contributed by atoms with Crippen molar-refractivity contribution in [3.8, 4) is 0 Å². The van der Waals surface area contributed by atoms with Crippen molar-refractivity contribution in [2.45, 2.75) is 68.5 Å². The van der Waals surface area contributed by atoms with Crippen LogP contribution in [-0.2, 0) is 44.1 Å². The Balaban J connectivity index is 1.18. The van der Waals surface area contributed by atoms with Crippen molar-refractivity contribution >= 4 is 11.8 Å². The number of amides is 2. The standard InChI is InChI=1S/C39H42F7N3O4/c1-3-15-47(2)34(50)23-52-33-21-26-6-4-5-7-32(26)36(33)12-16-48(17-13-36)18-14-37(28-8-10-31(40)11-9-28)24-49(25-53-37)35(51)27-19-29(38(41,42)43)22-30(20-27)39(44,45)46/h4-11,19-20,22,33H,3,12-18,21,23-25H2,1-2H3/t33-,37-/m0/s1. The number of ether oxygens (including phenoxy) is 2. The van der Waals surface area contributed by atoms with Gasteiger partial charge in [0, 0.05) is 31.1 Å². The lowest BCUT2D eigenvalue weighted by Crippen LogP contribution is -2.50. The first-order valence-electron chi connectivity index (χ1n) is 17.7. The molecule has 14 heteroatoms. The van der Waals surface area contributed by atoms with Gasteiger partial charge in [0.25, 0.3) is 5.91 Å². The number of fused-ring (bicyclic) bond motifs is 2. The minimum atomic E-state index is -5.11. The Morgan fingerprint density at radius 1 is 0.943 bits per heavy atom. The van der Waals surface area contributed by atoms with Gasteiger partial charge in [0.2, 0.25) is 5.91 Å². The van der Waals surface area contributed by atoms with Gasteiger partial charge < -0.3 is 24.2 Å². The maximum atomic E-state index is 14.0. The van der Waals surface area contributed by atoms with Gasteiger partial charge in [-0.3, -0.25) is 9.59 Å². The Labute approximate surface area is 303 Å². The number of hydrogen-bond donors (Lipinski definition) is 0. The lowest BCUT2D eigenvalue weighted by Gasteiger charge is -2.44. The van der Waals surface area contributed by atoms with Crippen molar-refractivity contribution in [1.82, 2.24) is 14.7 Å². The van der Waals surface area contributed by atoms with E-state index in [0.717, 1.165) is 24.2 Å². The Bertz CT molecular complexity index is 1760. The molecule has 2 heterocycles. The zero-order valence-electron chi connectivity index (χ0n) is 29.5. The van der Waals surface area contributed by atoms with Crippen LogP contribution in [0.5, 0.6) is 0 Å². The van der Waals surface area contributed by atoms with E-state index in [1.165, 1.54) is 35.4 Å². The number of likely N-dealkylation sites (N-methyl/N-ethyl adjacent to an activating group) is 1. The summed E-state index contributed by atoms with van der Waals surface area (Å²) in [5.74, 6) is -1.62. The summed E-state index contributed by atoms with van der Waals surface area (Å²) < 4.78 is 108. The number of piperidine rings is 1. The SMILES string of the molecule is CCCN(C)C(=O)CO[C@H]1Cc2ccccc2C12CCN(CC[C@@]1(c3ccc(F)cc3)CN(C(=O)c3cc(C(F)(F)F)cc(C(F)(F)F)c3)CO1)CC2. The molecule has 2 aliphatic heterocycles. The van der Waals surface area contributed by atoms with Crippen molar-refractivity contribution in [3.63, 3.8) is 0 Å². The largest absolute Gasteiger partial charge is 0.416 e. The Hall–Kier alpha value is -4.01. The number of benzene rings is 3. The van der Waals surface area contributed by atoms with Crippen molar-refractivity contribution in [3.05, 3.63) is 106 Å². The molecule has 53 heavy (non-hydrogen) atoms. The molecule has 1 aliphatic carbocycles. The molecule has 0 saturated carbocycles. The molecule has 3 aromatic carbocycles. The molecule has 0 radical (unpaired) electrons. The van der Waals surface area contributed by atoms with E-state index in [1.807, 2.05) is 19.1 Å². The molecule has 2 saturated heterocycles. The second kappa shape index (κ2) is 15.0. The zero-order chi connectivity index (χ0) is 38.2. The van der Waals surface area contributed by atoms with Gasteiger partial charge in [-0.05, 0) is 92.2 Å². The number of carbonyl (C=O) groups excluding carboxylic acids is 2. The van der Waals surface area contributed by atoms with Crippen molar-refractivity contribution in [1.29, 1.82) is 0 Å². The van der Waals surface area contributed by atoms with E-state index in [-0.39, 0.29) is 43.4 Å². The molecule has 286 valence electrons. The molecule has 0 aromatic heterocycles. The van der Waals surface area contributed by atoms with E-state index < -0.39 is 46.4 Å². The van der Waals surface area contributed by atoms with Crippen LogP contribution in [0.25, 0.3) is 0 Å². The highest BCUT2D eigenvalue weighted by atomic mass is 19.4. The van der Waals surface area contributed by atoms with Crippen LogP contribution in [-0.4, -0.2) is 85.7 Å². The fourth-order valence-corrected chi connectivity index (χ4v) is 8.04. The fraction of sp³-hybridized carbons (Fsp3) is 0.487. The summed E-state index contributed by atoms with van der Waals surface area (Å²) in [6.07, 6.45) is -7.06. The van der Waals surface area contributed by atoms with Crippen molar-refractivity contribution in [2.24, 2.45) is 0 Å². The molecule has 2 fully saturated rings. The number of likely N-dealkylation sites (tertiary alicyclic amines) is 1. The number of nitrogens with zero attached hydrogens (tertiary/aromatic N) is 3. The zero-order valence-corrected chi connectivity index (χ0v) is 29.5. The first kappa shape index (κ1) is 38.7. The molecule has 1 spiro atoms. The van der Waals surface area contributed by atoms with Gasteiger partial charge in [0.05, 0.1) is 23.8 Å². The van der Waals surface area contributed by atoms with Crippen LogP contribution in [0.15, 0.2) is 66.7 Å². The average Bonchev–Trinajstić information content (AvgIpc) is 3.69. The highest BCUT2D eigenvalue weighted by Gasteiger charge is 2.50. The van der Waals surface area contributed by atoms with Gasteiger partial charge in [0.1, 0.15) is 24.8 Å². The molecule has 0 N–H and O–H groups in total. The Kier molecular flexibility index (Phi) is 11.0. The fourth-order valence-electron chi connectivity index (χ4n) is 8.04. The van der Waals surface area contributed by atoms with E-state index in [9.17, 15) is 40.3 Å². The molecule has 2 atom stereocenters. The summed E-state index contributed by atoms with van der Waals surface area (Å²) in [4.78, 5) is 31.3. The summed E-state index contributed by atoms with van der Waals surface area (Å²) in [6, 6.07) is 14.5. The van der Waals surface area contributed by atoms with Gasteiger partial charge in [-0.1, -0.05) is 43.3 Å². The maximum absolute atomic E-state index is 14.0. The third-order valence-electron chi connectivity index (χ3n) is 11.0. The monoisotopic (exact) mass is 749 g/mol. The minimum Gasteiger partial charge on any atom is -0.367 e. The van der Waals surface area contributed by atoms with E-state index in [2.05, 4.69) is 17.0 Å². The lowest BCUT2D eigenvalue weighted by molar-refractivity contribution is -0.143. The van der Waals surface area contributed by atoms with Gasteiger partial charge in [-0.2, -0.15) is 26.3 Å². The molecule has 3 aliphatic rings. The molecule has 0 unspecified atom stereocenters. The second-order valence-electron chi connectivity index (χ2n) is 14.3. The quantitative estimate of drug-likeness (QED) is 0.202. The first-order valence-corrected chi connectivity index (χ1v) is 17.7. The first-order chi connectivity index (χ1) is 25.0.